The predicted molar refractivity (Wildman–Crippen MR) is 170 cm³/mol. The molecule has 2 aromatic carbocycles. The Morgan fingerprint density at radius 3 is 2.48 bits per heavy atom. The molecule has 0 radical (unpaired) electrons. The molecule has 2 atom stereocenters. The molecule has 4 amide bonds. The molecule has 2 aromatic heterocycles. The molecule has 0 saturated carbocycles. The van der Waals surface area contributed by atoms with Crippen molar-refractivity contribution in [1.82, 2.24) is 30.0 Å². The van der Waals surface area contributed by atoms with Gasteiger partial charge < -0.3 is 35.1 Å². The Kier molecular flexibility index (Phi) is 9.44. The first kappa shape index (κ1) is 30.6. The van der Waals surface area contributed by atoms with Crippen molar-refractivity contribution in [2.24, 2.45) is 0 Å². The molecule has 44 heavy (non-hydrogen) atoms. The van der Waals surface area contributed by atoms with E-state index in [1.54, 1.807) is 41.4 Å². The number of amides is 4. The highest BCUT2D eigenvalue weighted by molar-refractivity contribution is 5.99. The van der Waals surface area contributed by atoms with Gasteiger partial charge in [-0.2, -0.15) is 0 Å². The molecule has 5 rings (SSSR count). The zero-order valence-corrected chi connectivity index (χ0v) is 25.5. The zero-order valence-electron chi connectivity index (χ0n) is 25.5. The second-order valence-electron chi connectivity index (χ2n) is 11.3. The number of nitrogens with zero attached hydrogens (tertiary/aromatic N) is 4. The smallest absolute Gasteiger partial charge is 0.318 e. The fourth-order valence-electron chi connectivity index (χ4n) is 5.60. The number of methoxy groups -OCH3 is 1. The Morgan fingerprint density at radius 1 is 1.02 bits per heavy atom. The Balaban J connectivity index is 1.35. The standard InChI is InChI=1S/C33H39N7O4/c1-22(26-20-35-27-10-6-5-9-25(26)27)30(31(41)36-28-18-23(21-38(2)3)11-12-29(28)44-4)37-33(43)40-16-14-39(15-17-40)32(42)24-8-7-13-34-19-24/h5-13,18-20,22,30,35H,14-17,21H2,1-4H3,(H,36,41)(H,37,43)/t22-,30-/m1/s1. The van der Waals surface area contributed by atoms with Crippen LogP contribution >= 0.6 is 0 Å². The van der Waals surface area contributed by atoms with Gasteiger partial charge in [-0.1, -0.05) is 31.2 Å². The average Bonchev–Trinajstić information content (AvgIpc) is 3.47. The number of carbonyl (C=O) groups is 3. The highest BCUT2D eigenvalue weighted by atomic mass is 16.5. The number of piperazine rings is 1. The maximum absolute atomic E-state index is 14.0. The van der Waals surface area contributed by atoms with Crippen LogP contribution in [0.3, 0.4) is 0 Å². The quantitative estimate of drug-likeness (QED) is 0.269. The third-order valence-electron chi connectivity index (χ3n) is 7.96. The van der Waals surface area contributed by atoms with Gasteiger partial charge in [0.2, 0.25) is 5.91 Å². The van der Waals surface area contributed by atoms with E-state index in [0.29, 0.717) is 49.7 Å². The van der Waals surface area contributed by atoms with Crippen LogP contribution in [0.4, 0.5) is 10.5 Å². The minimum Gasteiger partial charge on any atom is -0.495 e. The van der Waals surface area contributed by atoms with Gasteiger partial charge in [-0.15, -0.1) is 0 Å². The molecule has 1 fully saturated rings. The van der Waals surface area contributed by atoms with Crippen molar-refractivity contribution in [2.75, 3.05) is 52.7 Å². The molecule has 0 unspecified atom stereocenters. The molecule has 3 N–H and O–H groups in total. The molecule has 11 heteroatoms. The number of hydrogen-bond donors (Lipinski definition) is 3. The number of urea groups is 1. The number of para-hydroxylation sites is 1. The molecule has 3 heterocycles. The number of H-pyrrole nitrogens is 1. The van der Waals surface area contributed by atoms with Crippen LogP contribution in [-0.2, 0) is 11.3 Å². The Bertz CT molecular complexity index is 1610. The summed E-state index contributed by atoms with van der Waals surface area (Å²) in [5.74, 6) is -0.324. The predicted octanol–water partition coefficient (Wildman–Crippen LogP) is 3.91. The van der Waals surface area contributed by atoms with Crippen LogP contribution in [0.15, 0.2) is 73.2 Å². The van der Waals surface area contributed by atoms with Crippen molar-refractivity contribution in [1.29, 1.82) is 0 Å². The number of nitrogens with one attached hydrogen (secondary N) is 3. The van der Waals surface area contributed by atoms with Crippen molar-refractivity contribution < 1.29 is 19.1 Å². The molecular formula is C33H39N7O4. The van der Waals surface area contributed by atoms with E-state index in [4.69, 9.17) is 4.74 Å². The van der Waals surface area contributed by atoms with Gasteiger partial charge in [0, 0.05) is 68.1 Å². The molecule has 1 saturated heterocycles. The number of aromatic amines is 1. The third-order valence-corrected chi connectivity index (χ3v) is 7.96. The molecule has 1 aliphatic rings. The lowest BCUT2D eigenvalue weighted by Gasteiger charge is -2.36. The number of anilines is 1. The van der Waals surface area contributed by atoms with Gasteiger partial charge >= 0.3 is 6.03 Å². The average molecular weight is 598 g/mol. The topological polar surface area (TPSA) is 123 Å². The van der Waals surface area contributed by atoms with E-state index in [1.165, 1.54) is 0 Å². The monoisotopic (exact) mass is 597 g/mol. The highest BCUT2D eigenvalue weighted by Crippen LogP contribution is 2.30. The lowest BCUT2D eigenvalue weighted by molar-refractivity contribution is -0.118. The normalized spacial score (nSPS) is 14.8. The number of aromatic nitrogens is 2. The number of fused-ring (bicyclic) bond motifs is 1. The van der Waals surface area contributed by atoms with Crippen LogP contribution in [0, 0.1) is 0 Å². The summed E-state index contributed by atoms with van der Waals surface area (Å²) in [5.41, 5.74) is 3.92. The number of benzene rings is 2. The van der Waals surface area contributed by atoms with Crippen LogP contribution in [0.25, 0.3) is 10.9 Å². The second-order valence-corrected chi connectivity index (χ2v) is 11.3. The Hall–Kier alpha value is -4.90. The third kappa shape index (κ3) is 6.84. The maximum Gasteiger partial charge on any atom is 0.318 e. The lowest BCUT2D eigenvalue weighted by Crippen LogP contribution is -2.57. The number of pyridine rings is 1. The molecular weight excluding hydrogens is 558 g/mol. The maximum atomic E-state index is 14.0. The van der Waals surface area contributed by atoms with Crippen molar-refractivity contribution in [3.63, 3.8) is 0 Å². The molecule has 1 aliphatic heterocycles. The fourth-order valence-corrected chi connectivity index (χ4v) is 5.60. The summed E-state index contributed by atoms with van der Waals surface area (Å²) >= 11 is 0. The fraction of sp³-hybridized carbons (Fsp3) is 0.333. The summed E-state index contributed by atoms with van der Waals surface area (Å²) in [6.07, 6.45) is 5.06. The minimum absolute atomic E-state index is 0.117. The number of carbonyl (C=O) groups excluding carboxylic acids is 3. The first-order valence-corrected chi connectivity index (χ1v) is 14.7. The number of rotatable bonds is 9. The zero-order chi connectivity index (χ0) is 31.2. The van der Waals surface area contributed by atoms with Gasteiger partial charge in [0.25, 0.3) is 5.91 Å². The van der Waals surface area contributed by atoms with Crippen LogP contribution < -0.4 is 15.4 Å². The van der Waals surface area contributed by atoms with Gasteiger partial charge in [-0.05, 0) is 55.6 Å². The van der Waals surface area contributed by atoms with Crippen LogP contribution in [-0.4, -0.2) is 95.9 Å². The first-order chi connectivity index (χ1) is 21.2. The second kappa shape index (κ2) is 13.6. The largest absolute Gasteiger partial charge is 0.495 e. The summed E-state index contributed by atoms with van der Waals surface area (Å²) in [7, 11) is 5.51. The van der Waals surface area contributed by atoms with Crippen molar-refractivity contribution in [3.05, 3.63) is 89.9 Å². The summed E-state index contributed by atoms with van der Waals surface area (Å²) in [6.45, 7) is 4.07. The SMILES string of the molecule is COc1ccc(CN(C)C)cc1NC(=O)[C@H](NC(=O)N1CCN(C(=O)c2cccnc2)CC1)[C@H](C)c1c[nH]c2ccccc12. The highest BCUT2D eigenvalue weighted by Gasteiger charge is 2.33. The summed E-state index contributed by atoms with van der Waals surface area (Å²) < 4.78 is 5.55. The molecule has 0 bridgehead atoms. The summed E-state index contributed by atoms with van der Waals surface area (Å²) in [5, 5.41) is 7.03. The van der Waals surface area contributed by atoms with E-state index in [1.807, 2.05) is 74.6 Å². The van der Waals surface area contributed by atoms with E-state index in [0.717, 1.165) is 22.0 Å². The molecule has 0 spiro atoms. The van der Waals surface area contributed by atoms with Gasteiger partial charge in [0.05, 0.1) is 18.4 Å². The van der Waals surface area contributed by atoms with Crippen molar-refractivity contribution in [3.8, 4) is 5.75 Å². The molecule has 230 valence electrons. The lowest BCUT2D eigenvalue weighted by atomic mass is 9.92. The van der Waals surface area contributed by atoms with Crippen molar-refractivity contribution in [2.45, 2.75) is 25.4 Å². The Labute approximate surface area is 257 Å². The molecule has 4 aromatic rings. The minimum atomic E-state index is -0.904. The molecule has 11 nitrogen and oxygen atoms in total. The first-order valence-electron chi connectivity index (χ1n) is 14.7. The molecule has 0 aliphatic carbocycles. The van der Waals surface area contributed by atoms with Gasteiger partial charge in [-0.25, -0.2) is 4.79 Å². The summed E-state index contributed by atoms with van der Waals surface area (Å²) in [6, 6.07) is 15.8. The van der Waals surface area contributed by atoms with Gasteiger partial charge in [0.1, 0.15) is 11.8 Å². The van der Waals surface area contributed by atoms with E-state index in [-0.39, 0.29) is 23.8 Å². The summed E-state index contributed by atoms with van der Waals surface area (Å²) in [4.78, 5) is 53.3. The number of hydrogen-bond acceptors (Lipinski definition) is 6. The van der Waals surface area contributed by atoms with Crippen LogP contribution in [0.1, 0.15) is 34.3 Å². The van der Waals surface area contributed by atoms with Gasteiger partial charge in [-0.3, -0.25) is 14.6 Å². The van der Waals surface area contributed by atoms with E-state index in [9.17, 15) is 14.4 Å². The number of ether oxygens (including phenoxy) is 1. The van der Waals surface area contributed by atoms with Crippen LogP contribution in [0.2, 0.25) is 0 Å². The van der Waals surface area contributed by atoms with E-state index in [2.05, 4.69) is 20.6 Å². The van der Waals surface area contributed by atoms with Crippen molar-refractivity contribution >= 4 is 34.4 Å². The van der Waals surface area contributed by atoms with E-state index < -0.39 is 6.04 Å². The van der Waals surface area contributed by atoms with Crippen LogP contribution in [0.5, 0.6) is 5.75 Å². The van der Waals surface area contributed by atoms with E-state index >= 15 is 0 Å². The Morgan fingerprint density at radius 2 is 1.77 bits per heavy atom. The van der Waals surface area contributed by atoms with Gasteiger partial charge in [0.15, 0.2) is 0 Å².